The third kappa shape index (κ3) is 4.64. The molecule has 104 valence electrons. The molecule has 1 heterocycles. The number of carbonyl (C=O) groups is 2. The first-order chi connectivity index (χ1) is 8.69. The third-order valence-corrected chi connectivity index (χ3v) is 3.30. The lowest BCUT2D eigenvalue weighted by Crippen LogP contribution is -2.47. The first kappa shape index (κ1) is 15.0. The molecule has 0 saturated carbocycles. The van der Waals surface area contributed by atoms with Crippen LogP contribution in [-0.2, 0) is 9.59 Å². The normalized spacial score (nSPS) is 19.7. The van der Waals surface area contributed by atoms with Crippen molar-refractivity contribution in [2.24, 2.45) is 5.92 Å². The van der Waals surface area contributed by atoms with E-state index < -0.39 is 0 Å². The number of nitrogens with zero attached hydrogens (tertiary/aromatic N) is 1. The minimum atomic E-state index is -0.0311. The number of rotatable bonds is 6. The van der Waals surface area contributed by atoms with Crippen LogP contribution in [0.15, 0.2) is 0 Å². The minimum Gasteiger partial charge on any atom is -0.356 e. The highest BCUT2D eigenvalue weighted by molar-refractivity contribution is 5.82. The zero-order valence-electron chi connectivity index (χ0n) is 11.5. The van der Waals surface area contributed by atoms with Crippen molar-refractivity contribution in [2.75, 3.05) is 33.2 Å². The van der Waals surface area contributed by atoms with Crippen molar-refractivity contribution in [3.8, 4) is 0 Å². The summed E-state index contributed by atoms with van der Waals surface area (Å²) in [4.78, 5) is 25.5. The summed E-state index contributed by atoms with van der Waals surface area (Å²) in [6.07, 6.45) is 3.90. The van der Waals surface area contributed by atoms with Crippen LogP contribution in [-0.4, -0.2) is 49.9 Å². The molecule has 2 amide bonds. The van der Waals surface area contributed by atoms with E-state index in [0.717, 1.165) is 38.8 Å². The largest absolute Gasteiger partial charge is 0.356 e. The molecule has 2 N–H and O–H groups in total. The average molecular weight is 255 g/mol. The number of unbranched alkanes of at least 4 members (excludes halogenated alkanes) is 1. The number of hydrogen-bond donors (Lipinski definition) is 2. The van der Waals surface area contributed by atoms with Gasteiger partial charge in [-0.1, -0.05) is 13.3 Å². The molecule has 0 aromatic carbocycles. The second-order valence-corrected chi connectivity index (χ2v) is 4.85. The zero-order chi connectivity index (χ0) is 13.4. The summed E-state index contributed by atoms with van der Waals surface area (Å²) >= 11 is 0. The Morgan fingerprint density at radius 2 is 2.17 bits per heavy atom. The van der Waals surface area contributed by atoms with Gasteiger partial charge in [-0.05, 0) is 26.3 Å². The van der Waals surface area contributed by atoms with Crippen molar-refractivity contribution < 1.29 is 9.59 Å². The van der Waals surface area contributed by atoms with Gasteiger partial charge in [0.15, 0.2) is 0 Å². The van der Waals surface area contributed by atoms with E-state index in [9.17, 15) is 9.59 Å². The van der Waals surface area contributed by atoms with Crippen molar-refractivity contribution >= 4 is 11.8 Å². The van der Waals surface area contributed by atoms with Gasteiger partial charge in [-0.2, -0.15) is 0 Å². The summed E-state index contributed by atoms with van der Waals surface area (Å²) in [5.74, 6) is 0.158. The van der Waals surface area contributed by atoms with Crippen molar-refractivity contribution in [3.63, 3.8) is 0 Å². The molecule has 1 rings (SSSR count). The predicted octanol–water partition coefficient (Wildman–Crippen LogP) is 0.361. The summed E-state index contributed by atoms with van der Waals surface area (Å²) in [5, 5.41) is 5.81. The van der Waals surface area contributed by atoms with Crippen LogP contribution in [0.2, 0.25) is 0 Å². The number of likely N-dealkylation sites (N-methyl/N-ethyl adjacent to an activating group) is 1. The van der Waals surface area contributed by atoms with E-state index in [4.69, 9.17) is 0 Å². The fourth-order valence-corrected chi connectivity index (χ4v) is 2.21. The van der Waals surface area contributed by atoms with Crippen LogP contribution in [0.5, 0.6) is 0 Å². The van der Waals surface area contributed by atoms with Gasteiger partial charge < -0.3 is 15.5 Å². The molecule has 0 aromatic heterocycles. The maximum atomic E-state index is 11.9. The lowest BCUT2D eigenvalue weighted by Gasteiger charge is -2.32. The van der Waals surface area contributed by atoms with E-state index in [1.54, 1.807) is 11.9 Å². The Morgan fingerprint density at radius 1 is 1.39 bits per heavy atom. The first-order valence-electron chi connectivity index (χ1n) is 6.89. The van der Waals surface area contributed by atoms with Gasteiger partial charge in [0.2, 0.25) is 11.8 Å². The lowest BCUT2D eigenvalue weighted by molar-refractivity contribution is -0.134. The van der Waals surface area contributed by atoms with E-state index in [1.807, 2.05) is 0 Å². The highest BCUT2D eigenvalue weighted by Gasteiger charge is 2.27. The number of likely N-dealkylation sites (tertiary alicyclic amines) is 1. The van der Waals surface area contributed by atoms with Gasteiger partial charge in [-0.15, -0.1) is 0 Å². The van der Waals surface area contributed by atoms with Crippen molar-refractivity contribution in [1.29, 1.82) is 0 Å². The molecule has 1 fully saturated rings. The van der Waals surface area contributed by atoms with Crippen molar-refractivity contribution in [1.82, 2.24) is 15.5 Å². The molecule has 1 unspecified atom stereocenters. The second-order valence-electron chi connectivity index (χ2n) is 4.85. The van der Waals surface area contributed by atoms with Crippen molar-refractivity contribution in [2.45, 2.75) is 32.6 Å². The Bertz CT molecular complexity index is 281. The fourth-order valence-electron chi connectivity index (χ4n) is 2.21. The SMILES string of the molecule is CCCCNC(=O)C1CCCN(C(=O)CNC)C1. The molecule has 1 aliphatic rings. The summed E-state index contributed by atoms with van der Waals surface area (Å²) < 4.78 is 0. The Hall–Kier alpha value is -1.10. The number of hydrogen-bond acceptors (Lipinski definition) is 3. The molecule has 1 atom stereocenters. The predicted molar refractivity (Wildman–Crippen MR) is 71.1 cm³/mol. The van der Waals surface area contributed by atoms with Gasteiger partial charge in [-0.25, -0.2) is 0 Å². The maximum absolute atomic E-state index is 11.9. The average Bonchev–Trinajstić information content (AvgIpc) is 2.39. The van der Waals surface area contributed by atoms with E-state index in [1.165, 1.54) is 0 Å². The Morgan fingerprint density at radius 3 is 2.83 bits per heavy atom. The smallest absolute Gasteiger partial charge is 0.236 e. The van der Waals surface area contributed by atoms with Crippen LogP contribution >= 0.6 is 0 Å². The highest BCUT2D eigenvalue weighted by atomic mass is 16.2. The fraction of sp³-hybridized carbons (Fsp3) is 0.846. The van der Waals surface area contributed by atoms with E-state index in [0.29, 0.717) is 13.1 Å². The number of carbonyl (C=O) groups excluding carboxylic acids is 2. The molecule has 0 bridgehead atoms. The second kappa shape index (κ2) is 8.08. The summed E-state index contributed by atoms with van der Waals surface area (Å²) in [6, 6.07) is 0. The van der Waals surface area contributed by atoms with Gasteiger partial charge in [0, 0.05) is 19.6 Å². The highest BCUT2D eigenvalue weighted by Crippen LogP contribution is 2.16. The molecular formula is C13H25N3O2. The molecule has 5 heteroatoms. The quantitative estimate of drug-likeness (QED) is 0.674. The van der Waals surface area contributed by atoms with Crippen LogP contribution < -0.4 is 10.6 Å². The molecule has 5 nitrogen and oxygen atoms in total. The molecule has 1 saturated heterocycles. The summed E-state index contributed by atoms with van der Waals surface area (Å²) in [5.41, 5.74) is 0. The zero-order valence-corrected chi connectivity index (χ0v) is 11.5. The van der Waals surface area contributed by atoms with Crippen LogP contribution in [0.3, 0.4) is 0 Å². The molecule has 0 radical (unpaired) electrons. The van der Waals surface area contributed by atoms with Crippen LogP contribution in [0.25, 0.3) is 0 Å². The molecule has 0 aliphatic carbocycles. The monoisotopic (exact) mass is 255 g/mol. The van der Waals surface area contributed by atoms with Crippen molar-refractivity contribution in [3.05, 3.63) is 0 Å². The minimum absolute atomic E-state index is 0.0311. The number of amides is 2. The number of piperidine rings is 1. The summed E-state index contributed by atoms with van der Waals surface area (Å²) in [7, 11) is 1.76. The molecule has 0 spiro atoms. The standard InChI is InChI=1S/C13H25N3O2/c1-3-4-7-15-13(18)11-6-5-8-16(10-11)12(17)9-14-2/h11,14H,3-10H2,1-2H3,(H,15,18). The van der Waals surface area contributed by atoms with Gasteiger partial charge in [0.1, 0.15) is 0 Å². The molecule has 1 aliphatic heterocycles. The van der Waals surface area contributed by atoms with E-state index in [2.05, 4.69) is 17.6 Å². The van der Waals surface area contributed by atoms with Crippen LogP contribution in [0.1, 0.15) is 32.6 Å². The Balaban J connectivity index is 2.38. The molecule has 18 heavy (non-hydrogen) atoms. The van der Waals surface area contributed by atoms with Gasteiger partial charge in [0.25, 0.3) is 0 Å². The lowest BCUT2D eigenvalue weighted by atomic mass is 9.97. The van der Waals surface area contributed by atoms with E-state index >= 15 is 0 Å². The van der Waals surface area contributed by atoms with Gasteiger partial charge >= 0.3 is 0 Å². The van der Waals surface area contributed by atoms with Crippen LogP contribution in [0.4, 0.5) is 0 Å². The molecular weight excluding hydrogens is 230 g/mol. The molecule has 0 aromatic rings. The van der Waals surface area contributed by atoms with Gasteiger partial charge in [-0.3, -0.25) is 9.59 Å². The Kier molecular flexibility index (Phi) is 6.72. The maximum Gasteiger partial charge on any atom is 0.236 e. The van der Waals surface area contributed by atoms with Crippen LogP contribution in [0, 0.1) is 5.92 Å². The topological polar surface area (TPSA) is 61.4 Å². The van der Waals surface area contributed by atoms with Gasteiger partial charge in [0.05, 0.1) is 12.5 Å². The third-order valence-electron chi connectivity index (χ3n) is 3.30. The first-order valence-corrected chi connectivity index (χ1v) is 6.89. The van der Waals surface area contributed by atoms with E-state index in [-0.39, 0.29) is 17.7 Å². The Labute approximate surface area is 109 Å². The summed E-state index contributed by atoms with van der Waals surface area (Å²) in [6.45, 7) is 4.54. The number of nitrogens with one attached hydrogen (secondary N) is 2.